The van der Waals surface area contributed by atoms with Crippen LogP contribution in [0, 0.1) is 6.92 Å². The summed E-state index contributed by atoms with van der Waals surface area (Å²) in [6.07, 6.45) is 0.980. The maximum absolute atomic E-state index is 12.0. The molecule has 0 fully saturated rings. The molecule has 2 rings (SSSR count). The molecule has 2 aromatic carbocycles. The van der Waals surface area contributed by atoms with E-state index in [0.717, 1.165) is 17.7 Å². The van der Waals surface area contributed by atoms with Crippen LogP contribution in [0.2, 0.25) is 0 Å². The Morgan fingerprint density at radius 1 is 1.05 bits per heavy atom. The van der Waals surface area contributed by atoms with Crippen molar-refractivity contribution in [3.8, 4) is 5.75 Å². The van der Waals surface area contributed by atoms with Crippen LogP contribution in [0.15, 0.2) is 48.5 Å². The maximum atomic E-state index is 12.0. The zero-order valence-electron chi connectivity index (χ0n) is 11.3. The molecule has 2 nitrogen and oxygen atoms in total. The van der Waals surface area contributed by atoms with Crippen molar-refractivity contribution in [1.29, 1.82) is 0 Å². The largest absolute Gasteiger partial charge is 0.485 e. The Balaban J connectivity index is 1.99. The average Bonchev–Trinajstić information content (AvgIpc) is 2.46. The molecule has 0 atom stereocenters. The molecule has 0 amide bonds. The van der Waals surface area contributed by atoms with E-state index in [9.17, 15) is 4.79 Å². The molecule has 0 bridgehead atoms. The van der Waals surface area contributed by atoms with Crippen LogP contribution in [0.25, 0.3) is 0 Å². The summed E-state index contributed by atoms with van der Waals surface area (Å²) in [5, 5.41) is 0. The van der Waals surface area contributed by atoms with Crippen LogP contribution in [0.5, 0.6) is 5.75 Å². The first-order valence-corrected chi connectivity index (χ1v) is 6.51. The lowest BCUT2D eigenvalue weighted by Crippen LogP contribution is -2.12. The number of carbonyl (C=O) groups is 1. The summed E-state index contributed by atoms with van der Waals surface area (Å²) in [5.74, 6) is 0.770. The Bertz CT molecular complexity index is 556. The zero-order chi connectivity index (χ0) is 13.7. The quantitative estimate of drug-likeness (QED) is 0.758. The maximum Gasteiger partial charge on any atom is 0.200 e. The lowest BCUT2D eigenvalue weighted by Gasteiger charge is -2.08. The minimum Gasteiger partial charge on any atom is -0.485 e. The molecule has 0 saturated heterocycles. The summed E-state index contributed by atoms with van der Waals surface area (Å²) < 4.78 is 5.56. The third-order valence-corrected chi connectivity index (χ3v) is 3.14. The highest BCUT2D eigenvalue weighted by Crippen LogP contribution is 2.16. The van der Waals surface area contributed by atoms with Gasteiger partial charge in [-0.3, -0.25) is 4.79 Å². The van der Waals surface area contributed by atoms with E-state index in [0.29, 0.717) is 5.56 Å². The number of para-hydroxylation sites is 1. The molecule has 0 saturated carbocycles. The predicted octanol–water partition coefficient (Wildman–Crippen LogP) is 3.82. The SMILES string of the molecule is CCc1ccc(C(=O)COc2ccccc2C)cc1. The Morgan fingerprint density at radius 3 is 2.37 bits per heavy atom. The van der Waals surface area contributed by atoms with Gasteiger partial charge in [0.05, 0.1) is 0 Å². The fraction of sp³-hybridized carbons (Fsp3) is 0.235. The highest BCUT2D eigenvalue weighted by molar-refractivity contribution is 5.97. The van der Waals surface area contributed by atoms with Crippen LogP contribution in [-0.4, -0.2) is 12.4 Å². The third-order valence-electron chi connectivity index (χ3n) is 3.14. The van der Waals surface area contributed by atoms with Crippen molar-refractivity contribution in [3.05, 3.63) is 65.2 Å². The van der Waals surface area contributed by atoms with Crippen LogP contribution in [-0.2, 0) is 6.42 Å². The van der Waals surface area contributed by atoms with Gasteiger partial charge in [0.1, 0.15) is 5.75 Å². The number of carbonyl (C=O) groups excluding carboxylic acids is 1. The molecule has 0 unspecified atom stereocenters. The van der Waals surface area contributed by atoms with Crippen LogP contribution in [0.1, 0.15) is 28.4 Å². The molecule has 0 aliphatic carbocycles. The molecule has 2 heteroatoms. The van der Waals surface area contributed by atoms with Crippen molar-refractivity contribution in [2.75, 3.05) is 6.61 Å². The van der Waals surface area contributed by atoms with E-state index in [1.807, 2.05) is 55.5 Å². The monoisotopic (exact) mass is 254 g/mol. The van der Waals surface area contributed by atoms with Crippen molar-refractivity contribution < 1.29 is 9.53 Å². The van der Waals surface area contributed by atoms with Crippen molar-refractivity contribution in [3.63, 3.8) is 0 Å². The van der Waals surface area contributed by atoms with Crippen LogP contribution in [0.3, 0.4) is 0 Å². The van der Waals surface area contributed by atoms with Crippen molar-refractivity contribution in [2.45, 2.75) is 20.3 Å². The van der Waals surface area contributed by atoms with Gasteiger partial charge in [-0.2, -0.15) is 0 Å². The molecular weight excluding hydrogens is 236 g/mol. The smallest absolute Gasteiger partial charge is 0.200 e. The number of rotatable bonds is 5. The number of hydrogen-bond donors (Lipinski definition) is 0. The molecule has 98 valence electrons. The van der Waals surface area contributed by atoms with E-state index in [-0.39, 0.29) is 12.4 Å². The van der Waals surface area contributed by atoms with E-state index in [2.05, 4.69) is 6.92 Å². The Hall–Kier alpha value is -2.09. The van der Waals surface area contributed by atoms with Gasteiger partial charge in [-0.15, -0.1) is 0 Å². The standard InChI is InChI=1S/C17H18O2/c1-3-14-8-10-15(11-9-14)16(18)12-19-17-7-5-4-6-13(17)2/h4-11H,3,12H2,1-2H3. The fourth-order valence-electron chi connectivity index (χ4n) is 1.87. The van der Waals surface area contributed by atoms with Gasteiger partial charge >= 0.3 is 0 Å². The lowest BCUT2D eigenvalue weighted by atomic mass is 10.1. The molecular formula is C17H18O2. The summed E-state index contributed by atoms with van der Waals surface area (Å²) in [6.45, 7) is 4.14. The van der Waals surface area contributed by atoms with E-state index in [1.165, 1.54) is 5.56 Å². The normalized spacial score (nSPS) is 10.2. The fourth-order valence-corrected chi connectivity index (χ4v) is 1.87. The van der Waals surface area contributed by atoms with E-state index in [4.69, 9.17) is 4.74 Å². The molecule has 19 heavy (non-hydrogen) atoms. The van der Waals surface area contributed by atoms with Gasteiger partial charge in [0.2, 0.25) is 0 Å². The topological polar surface area (TPSA) is 26.3 Å². The number of ether oxygens (including phenoxy) is 1. The van der Waals surface area contributed by atoms with Crippen molar-refractivity contribution >= 4 is 5.78 Å². The van der Waals surface area contributed by atoms with E-state index in [1.54, 1.807) is 0 Å². The third kappa shape index (κ3) is 3.44. The van der Waals surface area contributed by atoms with E-state index >= 15 is 0 Å². The molecule has 0 aliphatic rings. The minimum atomic E-state index is 0.00547. The first kappa shape index (κ1) is 13.3. The Labute approximate surface area is 114 Å². The molecule has 0 N–H and O–H groups in total. The summed E-state index contributed by atoms with van der Waals surface area (Å²) in [7, 11) is 0. The van der Waals surface area contributed by atoms with Crippen LogP contribution < -0.4 is 4.74 Å². The highest BCUT2D eigenvalue weighted by atomic mass is 16.5. The zero-order valence-corrected chi connectivity index (χ0v) is 11.3. The predicted molar refractivity (Wildman–Crippen MR) is 76.8 cm³/mol. The summed E-state index contributed by atoms with van der Waals surface area (Å²) in [4.78, 5) is 12.0. The average molecular weight is 254 g/mol. The highest BCUT2D eigenvalue weighted by Gasteiger charge is 2.07. The van der Waals surface area contributed by atoms with Gasteiger partial charge in [-0.1, -0.05) is 49.4 Å². The second kappa shape index (κ2) is 6.19. The first-order chi connectivity index (χ1) is 9.20. The summed E-state index contributed by atoms with van der Waals surface area (Å²) >= 11 is 0. The molecule has 0 aromatic heterocycles. The van der Waals surface area contributed by atoms with E-state index < -0.39 is 0 Å². The van der Waals surface area contributed by atoms with Crippen LogP contribution in [0.4, 0.5) is 0 Å². The lowest BCUT2D eigenvalue weighted by molar-refractivity contribution is 0.0921. The van der Waals surface area contributed by atoms with Gasteiger partial charge in [0, 0.05) is 5.56 Å². The Kier molecular flexibility index (Phi) is 4.35. The number of aryl methyl sites for hydroxylation is 2. The summed E-state index contributed by atoms with van der Waals surface area (Å²) in [6, 6.07) is 15.4. The number of hydrogen-bond acceptors (Lipinski definition) is 2. The molecule has 2 aromatic rings. The van der Waals surface area contributed by atoms with Crippen molar-refractivity contribution in [1.82, 2.24) is 0 Å². The van der Waals surface area contributed by atoms with Crippen LogP contribution >= 0.6 is 0 Å². The first-order valence-electron chi connectivity index (χ1n) is 6.51. The van der Waals surface area contributed by atoms with Gasteiger partial charge in [-0.25, -0.2) is 0 Å². The number of benzene rings is 2. The molecule has 0 heterocycles. The van der Waals surface area contributed by atoms with Crippen molar-refractivity contribution in [2.24, 2.45) is 0 Å². The molecule has 0 aliphatic heterocycles. The number of Topliss-reactive ketones (excluding diaryl/α,β-unsaturated/α-hetero) is 1. The minimum absolute atomic E-state index is 0.00547. The van der Waals surface area contributed by atoms with Gasteiger partial charge in [0.15, 0.2) is 12.4 Å². The van der Waals surface area contributed by atoms with Gasteiger partial charge in [-0.05, 0) is 30.5 Å². The molecule has 0 radical (unpaired) electrons. The Morgan fingerprint density at radius 2 is 1.74 bits per heavy atom. The van der Waals surface area contributed by atoms with Gasteiger partial charge in [0.25, 0.3) is 0 Å². The molecule has 0 spiro atoms. The van der Waals surface area contributed by atoms with Gasteiger partial charge < -0.3 is 4.74 Å². The second-order valence-corrected chi connectivity index (χ2v) is 4.53. The number of ketones is 1. The summed E-state index contributed by atoms with van der Waals surface area (Å²) in [5.41, 5.74) is 2.97. The second-order valence-electron chi connectivity index (χ2n) is 4.53.